The molecule has 2 rings (SSSR count). The molecule has 0 atom stereocenters. The van der Waals surface area contributed by atoms with E-state index in [-0.39, 0.29) is 26.5 Å². The summed E-state index contributed by atoms with van der Waals surface area (Å²) in [5.74, 6) is -0.0634. The van der Waals surface area contributed by atoms with Gasteiger partial charge in [0.25, 0.3) is 10.0 Å². The fraction of sp³-hybridized carbons (Fsp3) is 0.100. The fourth-order valence-electron chi connectivity index (χ4n) is 1.48. The Morgan fingerprint density at radius 3 is 2.53 bits per heavy atom. The van der Waals surface area contributed by atoms with E-state index in [2.05, 4.69) is 9.82 Å². The van der Waals surface area contributed by atoms with Crippen LogP contribution in [-0.2, 0) is 17.1 Å². The Morgan fingerprint density at radius 1 is 1.32 bits per heavy atom. The first-order chi connectivity index (χ1) is 8.81. The molecule has 2 aromatic rings. The van der Waals surface area contributed by atoms with Crippen molar-refractivity contribution in [1.29, 1.82) is 0 Å². The zero-order valence-corrected chi connectivity index (χ0v) is 12.0. The van der Waals surface area contributed by atoms with Crippen molar-refractivity contribution in [3.63, 3.8) is 0 Å². The van der Waals surface area contributed by atoms with Gasteiger partial charge in [0.2, 0.25) is 0 Å². The lowest BCUT2D eigenvalue weighted by atomic mass is 10.3. The van der Waals surface area contributed by atoms with Crippen molar-refractivity contribution in [3.8, 4) is 5.75 Å². The SMILES string of the molecule is Cn1ncc(Cl)c1S(=O)(=O)Nc1ccc(O)cc1Cl. The lowest BCUT2D eigenvalue weighted by Crippen LogP contribution is -2.17. The van der Waals surface area contributed by atoms with Gasteiger partial charge < -0.3 is 5.11 Å². The molecule has 0 aliphatic rings. The summed E-state index contributed by atoms with van der Waals surface area (Å²) in [5.41, 5.74) is 0.136. The van der Waals surface area contributed by atoms with Crippen molar-refractivity contribution in [1.82, 2.24) is 9.78 Å². The number of hydrogen-bond acceptors (Lipinski definition) is 4. The molecule has 9 heteroatoms. The van der Waals surface area contributed by atoms with Gasteiger partial charge in [-0.1, -0.05) is 23.2 Å². The molecule has 0 unspecified atom stereocenters. The number of nitrogens with one attached hydrogen (secondary N) is 1. The van der Waals surface area contributed by atoms with Crippen molar-refractivity contribution in [2.75, 3.05) is 4.72 Å². The maximum Gasteiger partial charge on any atom is 0.280 e. The predicted octanol–water partition coefficient (Wildman–Crippen LogP) is 2.23. The molecule has 0 saturated heterocycles. The van der Waals surface area contributed by atoms with Gasteiger partial charge in [0.05, 0.1) is 21.9 Å². The number of aromatic hydroxyl groups is 1. The summed E-state index contributed by atoms with van der Waals surface area (Å²) in [6, 6.07) is 3.89. The lowest BCUT2D eigenvalue weighted by Gasteiger charge is -2.10. The Balaban J connectivity index is 2.42. The first-order valence-corrected chi connectivity index (χ1v) is 7.24. The zero-order chi connectivity index (χ0) is 14.2. The molecule has 0 radical (unpaired) electrons. The first-order valence-electron chi connectivity index (χ1n) is 5.00. The van der Waals surface area contributed by atoms with Crippen LogP contribution in [0.5, 0.6) is 5.75 Å². The van der Waals surface area contributed by atoms with Crippen LogP contribution in [0.1, 0.15) is 0 Å². The molecule has 0 bridgehead atoms. The summed E-state index contributed by atoms with van der Waals surface area (Å²) in [4.78, 5) is 0. The number of halogens is 2. The number of sulfonamides is 1. The Bertz CT molecular complexity index is 708. The summed E-state index contributed by atoms with van der Waals surface area (Å²) in [6.45, 7) is 0. The predicted molar refractivity (Wildman–Crippen MR) is 72.1 cm³/mol. The number of nitrogens with zero attached hydrogens (tertiary/aromatic N) is 2. The number of benzene rings is 1. The topological polar surface area (TPSA) is 84.2 Å². The highest BCUT2D eigenvalue weighted by molar-refractivity contribution is 7.92. The van der Waals surface area contributed by atoms with E-state index >= 15 is 0 Å². The van der Waals surface area contributed by atoms with Gasteiger partial charge in [0.15, 0.2) is 5.03 Å². The van der Waals surface area contributed by atoms with Crippen molar-refractivity contribution in [2.24, 2.45) is 7.05 Å². The number of rotatable bonds is 3. The van der Waals surface area contributed by atoms with Gasteiger partial charge in [0.1, 0.15) is 5.75 Å². The molecule has 0 spiro atoms. The average Bonchev–Trinajstić information content (AvgIpc) is 2.63. The molecule has 1 aromatic carbocycles. The van der Waals surface area contributed by atoms with E-state index < -0.39 is 10.0 Å². The van der Waals surface area contributed by atoms with Crippen LogP contribution in [0.25, 0.3) is 0 Å². The number of hydrogen-bond donors (Lipinski definition) is 2. The Hall–Kier alpha value is -1.44. The molecule has 6 nitrogen and oxygen atoms in total. The molecule has 0 amide bonds. The van der Waals surface area contributed by atoms with Crippen molar-refractivity contribution in [2.45, 2.75) is 5.03 Å². The summed E-state index contributed by atoms with van der Waals surface area (Å²) in [5, 5.41) is 12.9. The summed E-state index contributed by atoms with van der Waals surface area (Å²) < 4.78 is 27.7. The highest BCUT2D eigenvalue weighted by Crippen LogP contribution is 2.29. The van der Waals surface area contributed by atoms with E-state index in [1.165, 1.54) is 31.4 Å². The quantitative estimate of drug-likeness (QED) is 0.849. The van der Waals surface area contributed by atoms with Crippen molar-refractivity contribution >= 4 is 38.9 Å². The van der Waals surface area contributed by atoms with Crippen LogP contribution in [0, 0.1) is 0 Å². The number of aromatic nitrogens is 2. The molecule has 0 aliphatic carbocycles. The van der Waals surface area contributed by atoms with Crippen LogP contribution in [0.3, 0.4) is 0 Å². The second kappa shape index (κ2) is 4.92. The van der Waals surface area contributed by atoms with E-state index in [9.17, 15) is 13.5 Å². The van der Waals surface area contributed by atoms with Gasteiger partial charge >= 0.3 is 0 Å². The van der Waals surface area contributed by atoms with Gasteiger partial charge in [-0.3, -0.25) is 9.40 Å². The standard InChI is InChI=1S/C10H9Cl2N3O3S/c1-15-10(8(12)5-13-15)19(17,18)14-9-3-2-6(16)4-7(9)11/h2-5,14,16H,1H3. The Morgan fingerprint density at radius 2 is 2.00 bits per heavy atom. The molecular weight excluding hydrogens is 313 g/mol. The smallest absolute Gasteiger partial charge is 0.280 e. The van der Waals surface area contributed by atoms with Gasteiger partial charge in [-0.25, -0.2) is 0 Å². The minimum absolute atomic E-state index is 0.00454. The van der Waals surface area contributed by atoms with Gasteiger partial charge in [-0.15, -0.1) is 0 Å². The van der Waals surface area contributed by atoms with E-state index in [0.29, 0.717) is 0 Å². The average molecular weight is 322 g/mol. The molecule has 1 heterocycles. The number of aryl methyl sites for hydroxylation is 1. The van der Waals surface area contributed by atoms with E-state index in [1.54, 1.807) is 0 Å². The Labute approximate surface area is 119 Å². The molecule has 19 heavy (non-hydrogen) atoms. The maximum atomic E-state index is 12.2. The van der Waals surface area contributed by atoms with Crippen LogP contribution in [0.4, 0.5) is 5.69 Å². The molecule has 0 aliphatic heterocycles. The summed E-state index contributed by atoms with van der Waals surface area (Å²) in [7, 11) is -2.46. The van der Waals surface area contributed by atoms with Gasteiger partial charge in [-0.2, -0.15) is 13.5 Å². The highest BCUT2D eigenvalue weighted by Gasteiger charge is 2.23. The van der Waals surface area contributed by atoms with Crippen LogP contribution >= 0.6 is 23.2 Å². The number of anilines is 1. The zero-order valence-electron chi connectivity index (χ0n) is 9.63. The third-order valence-electron chi connectivity index (χ3n) is 2.29. The van der Waals surface area contributed by atoms with Crippen LogP contribution < -0.4 is 4.72 Å². The molecule has 1 aromatic heterocycles. The third-order valence-corrected chi connectivity index (χ3v) is 4.48. The van der Waals surface area contributed by atoms with E-state index in [4.69, 9.17) is 23.2 Å². The van der Waals surface area contributed by atoms with E-state index in [1.807, 2.05) is 0 Å². The second-order valence-electron chi connectivity index (χ2n) is 3.69. The molecule has 0 fully saturated rings. The van der Waals surface area contributed by atoms with Gasteiger partial charge in [-0.05, 0) is 12.1 Å². The molecule has 2 N–H and O–H groups in total. The van der Waals surface area contributed by atoms with Crippen molar-refractivity contribution < 1.29 is 13.5 Å². The molecule has 102 valence electrons. The monoisotopic (exact) mass is 321 g/mol. The normalized spacial score (nSPS) is 11.5. The number of phenols is 1. The van der Waals surface area contributed by atoms with E-state index in [0.717, 1.165) is 4.68 Å². The third kappa shape index (κ3) is 2.78. The molecule has 0 saturated carbocycles. The lowest BCUT2D eigenvalue weighted by molar-refractivity contribution is 0.475. The minimum atomic E-state index is -3.91. The minimum Gasteiger partial charge on any atom is -0.508 e. The first kappa shape index (κ1) is 14.0. The Kier molecular flexibility index (Phi) is 3.62. The summed E-state index contributed by atoms with van der Waals surface area (Å²) >= 11 is 11.6. The van der Waals surface area contributed by atoms with Crippen LogP contribution in [0.15, 0.2) is 29.4 Å². The second-order valence-corrected chi connectivity index (χ2v) is 6.10. The largest absolute Gasteiger partial charge is 0.508 e. The molecular formula is C10H9Cl2N3O3S. The van der Waals surface area contributed by atoms with Gasteiger partial charge in [0, 0.05) is 13.1 Å². The number of phenolic OH excluding ortho intramolecular Hbond substituents is 1. The fourth-order valence-corrected chi connectivity index (χ4v) is 3.50. The summed E-state index contributed by atoms with van der Waals surface area (Å²) in [6.07, 6.45) is 1.23. The van der Waals surface area contributed by atoms with Crippen LogP contribution in [-0.4, -0.2) is 23.3 Å². The van der Waals surface area contributed by atoms with Crippen LogP contribution in [0.2, 0.25) is 10.0 Å². The highest BCUT2D eigenvalue weighted by atomic mass is 35.5. The maximum absolute atomic E-state index is 12.2. The van der Waals surface area contributed by atoms with Crippen molar-refractivity contribution in [3.05, 3.63) is 34.4 Å².